The van der Waals surface area contributed by atoms with Gasteiger partial charge in [0.2, 0.25) is 5.95 Å². The van der Waals surface area contributed by atoms with E-state index in [0.29, 0.717) is 16.9 Å². The molecule has 0 spiro atoms. The van der Waals surface area contributed by atoms with Crippen LogP contribution in [0.5, 0.6) is 0 Å². The van der Waals surface area contributed by atoms with Gasteiger partial charge in [0.15, 0.2) is 5.82 Å². The number of rotatable bonds is 6. The number of unbranched alkanes of at least 4 members (excludes halogenated alkanes) is 1. The zero-order chi connectivity index (χ0) is 14.5. The van der Waals surface area contributed by atoms with Crippen LogP contribution < -0.4 is 11.1 Å². The Morgan fingerprint density at radius 1 is 1.40 bits per heavy atom. The van der Waals surface area contributed by atoms with Crippen molar-refractivity contribution >= 4 is 22.8 Å². The van der Waals surface area contributed by atoms with E-state index in [1.54, 1.807) is 6.20 Å². The highest BCUT2D eigenvalue weighted by Crippen LogP contribution is 2.21. The Labute approximate surface area is 118 Å². The number of aromatic nitrogens is 3. The molecule has 0 bridgehead atoms. The summed E-state index contributed by atoms with van der Waals surface area (Å²) in [5, 5.41) is 12.7. The molecule has 2 rings (SSSR count). The first-order chi connectivity index (χ1) is 9.63. The van der Waals surface area contributed by atoms with Crippen LogP contribution in [0.4, 0.5) is 11.8 Å². The van der Waals surface area contributed by atoms with Crippen molar-refractivity contribution in [3.05, 3.63) is 17.8 Å². The third-order valence-electron chi connectivity index (χ3n) is 3.16. The fourth-order valence-corrected chi connectivity index (χ4v) is 2.09. The fraction of sp³-hybridized carbons (Fsp3) is 0.500. The normalized spacial score (nSPS) is 12.6. The summed E-state index contributed by atoms with van der Waals surface area (Å²) in [6, 6.07) is 1.88. The zero-order valence-electron chi connectivity index (χ0n) is 11.9. The number of nitrogen functional groups attached to an aromatic ring is 1. The highest BCUT2D eigenvalue weighted by atomic mass is 16.3. The summed E-state index contributed by atoms with van der Waals surface area (Å²) in [7, 11) is 0. The molecule has 1 atom stereocenters. The maximum atomic E-state index is 9.44. The summed E-state index contributed by atoms with van der Waals surface area (Å²) >= 11 is 0. The minimum absolute atomic E-state index is 0.0458. The Hall–Kier alpha value is -1.95. The van der Waals surface area contributed by atoms with Gasteiger partial charge in [0.1, 0.15) is 5.52 Å². The number of fused-ring (bicyclic) bond motifs is 1. The Balaban J connectivity index is 2.32. The largest absolute Gasteiger partial charge is 0.394 e. The number of anilines is 2. The number of hydrogen-bond acceptors (Lipinski definition) is 6. The third kappa shape index (κ3) is 3.33. The summed E-state index contributed by atoms with van der Waals surface area (Å²) in [5.41, 5.74) is 8.15. The standard InChI is InChI=1S/C14H21N5O/c1-3-4-5-10(8-20)17-13-12-11(18-14(15)19-13)6-9(2)7-16-12/h6-7,10,20H,3-5,8H2,1-2H3,(H3,15,17,18,19)/t10-/m1/s1. The van der Waals surface area contributed by atoms with E-state index in [9.17, 15) is 5.11 Å². The average Bonchev–Trinajstić information content (AvgIpc) is 2.42. The Morgan fingerprint density at radius 2 is 2.20 bits per heavy atom. The van der Waals surface area contributed by atoms with E-state index >= 15 is 0 Å². The second-order valence-electron chi connectivity index (χ2n) is 4.98. The number of hydrogen-bond donors (Lipinski definition) is 3. The minimum atomic E-state index is -0.0458. The maximum Gasteiger partial charge on any atom is 0.222 e. The van der Waals surface area contributed by atoms with Crippen molar-refractivity contribution in [3.63, 3.8) is 0 Å². The van der Waals surface area contributed by atoms with Crippen molar-refractivity contribution in [3.8, 4) is 0 Å². The predicted molar refractivity (Wildman–Crippen MR) is 80.5 cm³/mol. The van der Waals surface area contributed by atoms with Gasteiger partial charge in [-0.05, 0) is 25.0 Å². The molecule has 2 heterocycles. The zero-order valence-corrected chi connectivity index (χ0v) is 11.9. The van der Waals surface area contributed by atoms with Gasteiger partial charge in [-0.25, -0.2) is 4.98 Å². The van der Waals surface area contributed by atoms with Crippen molar-refractivity contribution < 1.29 is 5.11 Å². The number of nitrogens with zero attached hydrogens (tertiary/aromatic N) is 3. The van der Waals surface area contributed by atoms with Crippen LogP contribution in [-0.4, -0.2) is 32.7 Å². The van der Waals surface area contributed by atoms with Crippen LogP contribution >= 0.6 is 0 Å². The maximum absolute atomic E-state index is 9.44. The molecule has 2 aromatic heterocycles. The molecule has 0 radical (unpaired) electrons. The van der Waals surface area contributed by atoms with Crippen LogP contribution in [-0.2, 0) is 0 Å². The van der Waals surface area contributed by atoms with Gasteiger partial charge >= 0.3 is 0 Å². The van der Waals surface area contributed by atoms with E-state index in [1.165, 1.54) is 0 Å². The van der Waals surface area contributed by atoms with Crippen LogP contribution in [0.25, 0.3) is 11.0 Å². The van der Waals surface area contributed by atoms with Crippen LogP contribution in [0.3, 0.4) is 0 Å². The van der Waals surface area contributed by atoms with Gasteiger partial charge in [0.05, 0.1) is 18.2 Å². The monoisotopic (exact) mass is 275 g/mol. The molecule has 0 aliphatic rings. The number of nitrogens with one attached hydrogen (secondary N) is 1. The lowest BCUT2D eigenvalue weighted by molar-refractivity contribution is 0.267. The van der Waals surface area contributed by atoms with Crippen LogP contribution in [0.15, 0.2) is 12.3 Å². The molecule has 0 saturated heterocycles. The molecule has 0 saturated carbocycles. The molecule has 6 nitrogen and oxygen atoms in total. The van der Waals surface area contributed by atoms with Crippen molar-refractivity contribution in [2.75, 3.05) is 17.7 Å². The van der Waals surface area contributed by atoms with Gasteiger partial charge < -0.3 is 16.2 Å². The molecule has 0 unspecified atom stereocenters. The Morgan fingerprint density at radius 3 is 2.90 bits per heavy atom. The fourth-order valence-electron chi connectivity index (χ4n) is 2.09. The molecular formula is C14H21N5O. The molecule has 108 valence electrons. The van der Waals surface area contributed by atoms with E-state index < -0.39 is 0 Å². The minimum Gasteiger partial charge on any atom is -0.394 e. The second-order valence-corrected chi connectivity index (χ2v) is 4.98. The van der Waals surface area contributed by atoms with E-state index in [2.05, 4.69) is 27.2 Å². The topological polar surface area (TPSA) is 97.0 Å². The molecular weight excluding hydrogens is 254 g/mol. The Kier molecular flexibility index (Phi) is 4.68. The van der Waals surface area contributed by atoms with Gasteiger partial charge in [0, 0.05) is 6.20 Å². The van der Waals surface area contributed by atoms with Crippen LogP contribution in [0.1, 0.15) is 31.7 Å². The van der Waals surface area contributed by atoms with Crippen molar-refractivity contribution in [2.45, 2.75) is 39.2 Å². The van der Waals surface area contributed by atoms with Gasteiger partial charge in [0.25, 0.3) is 0 Å². The van der Waals surface area contributed by atoms with E-state index in [0.717, 1.165) is 24.8 Å². The number of nitrogens with two attached hydrogens (primary N) is 1. The van der Waals surface area contributed by atoms with E-state index in [1.807, 2.05) is 13.0 Å². The summed E-state index contributed by atoms with van der Waals surface area (Å²) in [6.07, 6.45) is 4.78. The molecule has 0 aromatic carbocycles. The highest BCUT2D eigenvalue weighted by molar-refractivity contribution is 5.86. The second kappa shape index (κ2) is 6.47. The summed E-state index contributed by atoms with van der Waals surface area (Å²) in [6.45, 7) is 4.13. The molecule has 0 fully saturated rings. The molecule has 0 aliphatic carbocycles. The van der Waals surface area contributed by atoms with Crippen LogP contribution in [0, 0.1) is 6.92 Å². The third-order valence-corrected chi connectivity index (χ3v) is 3.16. The van der Waals surface area contributed by atoms with Gasteiger partial charge in [-0.2, -0.15) is 4.98 Å². The number of aliphatic hydroxyl groups is 1. The molecule has 20 heavy (non-hydrogen) atoms. The van der Waals surface area contributed by atoms with Crippen molar-refractivity contribution in [1.82, 2.24) is 15.0 Å². The molecule has 0 amide bonds. The lowest BCUT2D eigenvalue weighted by Crippen LogP contribution is -2.24. The van der Waals surface area contributed by atoms with E-state index in [-0.39, 0.29) is 18.6 Å². The molecule has 6 heteroatoms. The number of pyridine rings is 1. The number of aryl methyl sites for hydroxylation is 1. The first-order valence-corrected chi connectivity index (χ1v) is 6.91. The smallest absolute Gasteiger partial charge is 0.222 e. The summed E-state index contributed by atoms with van der Waals surface area (Å²) in [5.74, 6) is 0.794. The SMILES string of the molecule is CCCC[C@H](CO)Nc1nc(N)nc2cc(C)cnc12. The number of aliphatic hydroxyl groups excluding tert-OH is 1. The average molecular weight is 275 g/mol. The van der Waals surface area contributed by atoms with Gasteiger partial charge in [-0.3, -0.25) is 4.98 Å². The summed E-state index contributed by atoms with van der Waals surface area (Å²) in [4.78, 5) is 12.8. The van der Waals surface area contributed by atoms with Gasteiger partial charge in [-0.15, -0.1) is 0 Å². The van der Waals surface area contributed by atoms with Crippen LogP contribution in [0.2, 0.25) is 0 Å². The van der Waals surface area contributed by atoms with Crippen molar-refractivity contribution in [2.24, 2.45) is 0 Å². The van der Waals surface area contributed by atoms with E-state index in [4.69, 9.17) is 5.73 Å². The van der Waals surface area contributed by atoms with Crippen molar-refractivity contribution in [1.29, 1.82) is 0 Å². The predicted octanol–water partition coefficient (Wildman–Crippen LogP) is 1.88. The molecule has 0 aliphatic heterocycles. The summed E-state index contributed by atoms with van der Waals surface area (Å²) < 4.78 is 0. The first kappa shape index (κ1) is 14.5. The molecule has 2 aromatic rings. The first-order valence-electron chi connectivity index (χ1n) is 6.91. The Bertz CT molecular complexity index is 582. The lowest BCUT2D eigenvalue weighted by Gasteiger charge is -2.17. The lowest BCUT2D eigenvalue weighted by atomic mass is 10.1. The quantitative estimate of drug-likeness (QED) is 0.744. The van der Waals surface area contributed by atoms with Gasteiger partial charge in [-0.1, -0.05) is 19.8 Å². The molecule has 4 N–H and O–H groups in total. The highest BCUT2D eigenvalue weighted by Gasteiger charge is 2.12.